The first kappa shape index (κ1) is 34.3. The zero-order chi connectivity index (χ0) is 38.2. The van der Waals surface area contributed by atoms with Crippen LogP contribution < -0.4 is 28.7 Å². The Morgan fingerprint density at radius 3 is 1.16 bits per heavy atom. The summed E-state index contributed by atoms with van der Waals surface area (Å²) in [6.07, 6.45) is 8.19. The molecule has 0 saturated heterocycles. The quantitative estimate of drug-likeness (QED) is 0.161. The van der Waals surface area contributed by atoms with Gasteiger partial charge in [0.2, 0.25) is 0 Å². The SMILES string of the molecule is COc1cc(OC)cc(N2C3=NC(=C(c4ccccc4)c4ccc([nH]4)N(c4cc(OC)cc(OC)c4)C4=NC(=C(c5ccccc5)c5ccc2[nH]5)C=C4)C=C3)c1. The molecule has 10 nitrogen and oxygen atoms in total. The molecule has 0 spiro atoms. The fourth-order valence-corrected chi connectivity index (χ4v) is 7.28. The molecule has 3 aliphatic rings. The topological polar surface area (TPSA) is 99.7 Å². The van der Waals surface area contributed by atoms with Crippen LogP contribution in [0.3, 0.4) is 0 Å². The van der Waals surface area contributed by atoms with Gasteiger partial charge in [-0.05, 0) is 59.7 Å². The summed E-state index contributed by atoms with van der Waals surface area (Å²) in [5.74, 6) is 5.62. The third-order valence-corrected chi connectivity index (χ3v) is 9.90. The van der Waals surface area contributed by atoms with E-state index in [0.717, 1.165) is 68.1 Å². The number of anilines is 4. The Labute approximate surface area is 324 Å². The van der Waals surface area contributed by atoms with Crippen molar-refractivity contribution in [2.24, 2.45) is 9.98 Å². The summed E-state index contributed by atoms with van der Waals surface area (Å²) in [5, 5.41) is 0. The van der Waals surface area contributed by atoms with Crippen LogP contribution in [-0.2, 0) is 0 Å². The molecule has 4 aromatic carbocycles. The monoisotopic (exact) mass is 738 g/mol. The van der Waals surface area contributed by atoms with Gasteiger partial charge in [0.15, 0.2) is 0 Å². The van der Waals surface area contributed by atoms with Crippen molar-refractivity contribution >= 4 is 45.8 Å². The summed E-state index contributed by atoms with van der Waals surface area (Å²) in [6.45, 7) is 0. The first-order valence-corrected chi connectivity index (χ1v) is 18.1. The molecule has 0 radical (unpaired) electrons. The van der Waals surface area contributed by atoms with Crippen molar-refractivity contribution in [3.05, 3.63) is 180 Å². The number of rotatable bonds is 8. The smallest absolute Gasteiger partial charge is 0.139 e. The van der Waals surface area contributed by atoms with Crippen LogP contribution >= 0.6 is 0 Å². The van der Waals surface area contributed by atoms with Crippen LogP contribution in [0.5, 0.6) is 23.0 Å². The highest BCUT2D eigenvalue weighted by atomic mass is 16.5. The van der Waals surface area contributed by atoms with Crippen molar-refractivity contribution < 1.29 is 18.9 Å². The van der Waals surface area contributed by atoms with E-state index in [1.165, 1.54) is 0 Å². The van der Waals surface area contributed by atoms with Gasteiger partial charge in [-0.15, -0.1) is 0 Å². The molecule has 0 saturated carbocycles. The van der Waals surface area contributed by atoms with Crippen LogP contribution in [0.15, 0.2) is 167 Å². The van der Waals surface area contributed by atoms with Gasteiger partial charge in [-0.1, -0.05) is 60.7 Å². The van der Waals surface area contributed by atoms with E-state index in [9.17, 15) is 0 Å². The number of methoxy groups -OCH3 is 4. The number of nitrogens with one attached hydrogen (secondary N) is 2. The Morgan fingerprint density at radius 1 is 0.429 bits per heavy atom. The number of allylic oxidation sites excluding steroid dienone is 2. The van der Waals surface area contributed by atoms with E-state index in [1.54, 1.807) is 28.4 Å². The number of hydrogen-bond donors (Lipinski definition) is 2. The molecule has 5 heterocycles. The largest absolute Gasteiger partial charge is 0.497 e. The Kier molecular flexibility index (Phi) is 8.83. The van der Waals surface area contributed by atoms with Crippen molar-refractivity contribution in [1.29, 1.82) is 0 Å². The zero-order valence-corrected chi connectivity index (χ0v) is 31.3. The molecule has 8 bridgehead atoms. The van der Waals surface area contributed by atoms with E-state index in [2.05, 4.69) is 80.5 Å². The number of aliphatic imine (C=N–C) groups is 2. The average Bonchev–Trinajstić information content (AvgIpc) is 4.09. The number of nitrogens with zero attached hydrogens (tertiary/aromatic N) is 4. The molecule has 56 heavy (non-hydrogen) atoms. The molecular formula is C46H38N6O4. The molecule has 6 aromatic rings. The number of H-pyrrole nitrogens is 2. The number of fused-ring (bicyclic) bond motifs is 6. The van der Waals surface area contributed by atoms with E-state index in [0.29, 0.717) is 34.7 Å². The minimum atomic E-state index is 0.656. The maximum absolute atomic E-state index is 5.73. The summed E-state index contributed by atoms with van der Waals surface area (Å²) in [6, 6.07) is 40.5. The van der Waals surface area contributed by atoms with Crippen LogP contribution in [0.2, 0.25) is 0 Å². The van der Waals surface area contributed by atoms with Crippen LogP contribution in [0, 0.1) is 0 Å². The summed E-state index contributed by atoms with van der Waals surface area (Å²) in [4.78, 5) is 22.4. The fourth-order valence-electron chi connectivity index (χ4n) is 7.28. The number of aromatic amines is 2. The minimum Gasteiger partial charge on any atom is -0.497 e. The lowest BCUT2D eigenvalue weighted by molar-refractivity contribution is 0.394. The Hall–Kier alpha value is -7.46. The van der Waals surface area contributed by atoms with Gasteiger partial charge in [0.05, 0.1) is 51.2 Å². The molecule has 10 heteroatoms. The second kappa shape index (κ2) is 14.4. The maximum Gasteiger partial charge on any atom is 0.139 e. The Morgan fingerprint density at radius 2 is 0.804 bits per heavy atom. The van der Waals surface area contributed by atoms with Gasteiger partial charge in [0.25, 0.3) is 0 Å². The molecule has 0 fully saturated rings. The zero-order valence-electron chi connectivity index (χ0n) is 31.3. The third kappa shape index (κ3) is 6.22. The molecule has 276 valence electrons. The molecule has 9 rings (SSSR count). The van der Waals surface area contributed by atoms with Crippen molar-refractivity contribution in [3.8, 4) is 23.0 Å². The van der Waals surface area contributed by atoms with Gasteiger partial charge in [-0.2, -0.15) is 0 Å². The molecule has 0 amide bonds. The van der Waals surface area contributed by atoms with Crippen LogP contribution in [-0.4, -0.2) is 50.1 Å². The molecule has 3 aliphatic heterocycles. The lowest BCUT2D eigenvalue weighted by Gasteiger charge is -2.24. The van der Waals surface area contributed by atoms with Gasteiger partial charge in [0, 0.05) is 58.9 Å². The number of amidine groups is 2. The minimum absolute atomic E-state index is 0.656. The summed E-state index contributed by atoms with van der Waals surface area (Å²) >= 11 is 0. The van der Waals surface area contributed by atoms with E-state index in [-0.39, 0.29) is 0 Å². The summed E-state index contributed by atoms with van der Waals surface area (Å²) in [5.41, 5.74) is 8.84. The Bertz CT molecular complexity index is 2420. The van der Waals surface area contributed by atoms with E-state index in [4.69, 9.17) is 28.9 Å². The predicted octanol–water partition coefficient (Wildman–Crippen LogP) is 9.82. The van der Waals surface area contributed by atoms with E-state index >= 15 is 0 Å². The molecular weight excluding hydrogens is 701 g/mol. The summed E-state index contributed by atoms with van der Waals surface area (Å²) in [7, 11) is 6.60. The Balaban J connectivity index is 1.34. The standard InChI is InChI=1S/C46H38N6O4/c1-53-33-23-31(24-34(27-33)54-2)51-41-19-15-37(47-41)45(29-11-7-5-8-12-29)39-17-21-43(49-39)52(32-25-35(55-3)28-36(26-32)56-4)44-22-18-40(50-44)46(30-13-9-6-10-14-30)38-16-20-42(51)48-38/h5-28,47,50H,1-4H3. The van der Waals surface area contributed by atoms with Crippen molar-refractivity contribution in [2.75, 3.05) is 38.2 Å². The molecule has 0 atom stereocenters. The van der Waals surface area contributed by atoms with Crippen LogP contribution in [0.25, 0.3) is 11.1 Å². The maximum atomic E-state index is 5.73. The lowest BCUT2D eigenvalue weighted by Crippen LogP contribution is -2.24. The van der Waals surface area contributed by atoms with Gasteiger partial charge < -0.3 is 28.9 Å². The fraction of sp³-hybridized carbons (Fsp3) is 0.0870. The number of benzene rings is 4. The van der Waals surface area contributed by atoms with Gasteiger partial charge in [-0.3, -0.25) is 9.80 Å². The molecule has 2 N–H and O–H groups in total. The number of aromatic nitrogens is 2. The normalized spacial score (nSPS) is 14.6. The van der Waals surface area contributed by atoms with E-state index in [1.807, 2.05) is 84.9 Å². The second-order valence-electron chi connectivity index (χ2n) is 13.2. The molecule has 2 aromatic heterocycles. The first-order valence-electron chi connectivity index (χ1n) is 18.1. The summed E-state index contributed by atoms with van der Waals surface area (Å²) < 4.78 is 22.9. The highest BCUT2D eigenvalue weighted by Gasteiger charge is 2.28. The van der Waals surface area contributed by atoms with Gasteiger partial charge in [0.1, 0.15) is 46.3 Å². The average molecular weight is 739 g/mol. The second-order valence-corrected chi connectivity index (χ2v) is 13.2. The van der Waals surface area contributed by atoms with Crippen molar-refractivity contribution in [1.82, 2.24) is 9.97 Å². The van der Waals surface area contributed by atoms with Crippen molar-refractivity contribution in [2.45, 2.75) is 0 Å². The molecule has 0 aliphatic carbocycles. The first-order chi connectivity index (χ1) is 27.5. The van der Waals surface area contributed by atoms with E-state index < -0.39 is 0 Å². The number of ether oxygens (including phenoxy) is 4. The highest BCUT2D eigenvalue weighted by Crippen LogP contribution is 2.41. The molecule has 0 unspecified atom stereocenters. The third-order valence-electron chi connectivity index (χ3n) is 9.90. The van der Waals surface area contributed by atoms with Gasteiger partial charge >= 0.3 is 0 Å². The highest BCUT2D eigenvalue weighted by molar-refractivity contribution is 6.15. The van der Waals surface area contributed by atoms with Crippen molar-refractivity contribution in [3.63, 3.8) is 0 Å². The lowest BCUT2D eigenvalue weighted by atomic mass is 10.0. The predicted molar refractivity (Wildman–Crippen MR) is 223 cm³/mol. The van der Waals surface area contributed by atoms with Gasteiger partial charge in [-0.25, -0.2) is 9.98 Å². The van der Waals surface area contributed by atoms with Crippen LogP contribution in [0.4, 0.5) is 23.0 Å². The van der Waals surface area contributed by atoms with Crippen LogP contribution in [0.1, 0.15) is 22.5 Å². The number of hydrogen-bond acceptors (Lipinski definition) is 8.